The zero-order valence-corrected chi connectivity index (χ0v) is 9.33. The van der Waals surface area contributed by atoms with Crippen molar-refractivity contribution in [1.82, 2.24) is 15.5 Å². The second-order valence-corrected chi connectivity index (χ2v) is 4.28. The van der Waals surface area contributed by atoms with Crippen LogP contribution in [0.4, 0.5) is 0 Å². The molecule has 84 valence electrons. The van der Waals surface area contributed by atoms with Gasteiger partial charge in [0.15, 0.2) is 0 Å². The summed E-state index contributed by atoms with van der Waals surface area (Å²) in [6.07, 6.45) is 3.41. The van der Waals surface area contributed by atoms with Crippen LogP contribution >= 0.6 is 0 Å². The minimum absolute atomic E-state index is 0.0847. The average molecular weight is 211 g/mol. The summed E-state index contributed by atoms with van der Waals surface area (Å²) in [6, 6.07) is 0. The van der Waals surface area contributed by atoms with Crippen LogP contribution in [0.15, 0.2) is 12.4 Å². The zero-order valence-electron chi connectivity index (χ0n) is 9.33. The van der Waals surface area contributed by atoms with Crippen LogP contribution in [0.2, 0.25) is 0 Å². The number of ether oxygens (including phenoxy) is 1. The largest absolute Gasteiger partial charge is 0.366 e. The third-order valence-electron chi connectivity index (χ3n) is 1.68. The molecule has 0 unspecified atom stereocenters. The second kappa shape index (κ2) is 4.93. The van der Waals surface area contributed by atoms with Gasteiger partial charge in [0.2, 0.25) is 5.91 Å². The van der Waals surface area contributed by atoms with Crippen molar-refractivity contribution in [3.8, 4) is 0 Å². The van der Waals surface area contributed by atoms with Gasteiger partial charge in [-0.1, -0.05) is 0 Å². The van der Waals surface area contributed by atoms with E-state index in [2.05, 4.69) is 15.5 Å². The Morgan fingerprint density at radius 1 is 1.60 bits per heavy atom. The predicted octanol–water partition coefficient (Wildman–Crippen LogP) is 0.841. The van der Waals surface area contributed by atoms with Crippen LogP contribution in [-0.4, -0.2) is 28.3 Å². The Bertz CT molecular complexity index is 301. The van der Waals surface area contributed by atoms with Gasteiger partial charge in [-0.3, -0.25) is 9.89 Å². The van der Waals surface area contributed by atoms with Gasteiger partial charge in [-0.05, 0) is 20.8 Å². The Morgan fingerprint density at radius 3 is 2.87 bits per heavy atom. The molecule has 1 aromatic rings. The van der Waals surface area contributed by atoms with Crippen LogP contribution in [0.5, 0.6) is 0 Å². The van der Waals surface area contributed by atoms with Crippen molar-refractivity contribution >= 4 is 5.91 Å². The molecule has 1 heterocycles. The highest BCUT2D eigenvalue weighted by Crippen LogP contribution is 2.05. The molecule has 1 aromatic heterocycles. The molecular formula is C10H17N3O2. The molecule has 1 rings (SSSR count). The highest BCUT2D eigenvalue weighted by atomic mass is 16.5. The summed E-state index contributed by atoms with van der Waals surface area (Å²) in [5.41, 5.74) is 0.659. The van der Waals surface area contributed by atoms with Crippen LogP contribution in [0, 0.1) is 0 Å². The van der Waals surface area contributed by atoms with Crippen molar-refractivity contribution in [2.75, 3.05) is 6.61 Å². The van der Waals surface area contributed by atoms with Gasteiger partial charge in [-0.25, -0.2) is 0 Å². The molecule has 0 bridgehead atoms. The van der Waals surface area contributed by atoms with Crippen molar-refractivity contribution in [3.05, 3.63) is 18.0 Å². The third kappa shape index (κ3) is 5.17. The summed E-state index contributed by atoms with van der Waals surface area (Å²) >= 11 is 0. The van der Waals surface area contributed by atoms with E-state index in [1.165, 1.54) is 0 Å². The number of aromatic nitrogens is 2. The number of nitrogens with one attached hydrogen (secondary N) is 2. The number of H-pyrrole nitrogens is 1. The Labute approximate surface area is 89.2 Å². The maximum Gasteiger partial charge on any atom is 0.246 e. The van der Waals surface area contributed by atoms with Crippen molar-refractivity contribution in [1.29, 1.82) is 0 Å². The molecule has 0 aliphatic rings. The number of aromatic amines is 1. The van der Waals surface area contributed by atoms with Gasteiger partial charge in [0.05, 0.1) is 11.8 Å². The summed E-state index contributed by atoms with van der Waals surface area (Å²) in [5.74, 6) is -0.119. The van der Waals surface area contributed by atoms with Gasteiger partial charge >= 0.3 is 0 Å². The van der Waals surface area contributed by atoms with Crippen molar-refractivity contribution in [2.24, 2.45) is 0 Å². The number of carbonyl (C=O) groups is 1. The van der Waals surface area contributed by atoms with Gasteiger partial charge in [0.25, 0.3) is 0 Å². The molecule has 0 fully saturated rings. The molecular weight excluding hydrogens is 194 g/mol. The fourth-order valence-corrected chi connectivity index (χ4v) is 0.908. The molecule has 0 aliphatic carbocycles. The molecule has 5 nitrogen and oxygen atoms in total. The Kier molecular flexibility index (Phi) is 3.85. The quantitative estimate of drug-likeness (QED) is 0.775. The smallest absolute Gasteiger partial charge is 0.246 e. The predicted molar refractivity (Wildman–Crippen MR) is 56.1 cm³/mol. The normalized spacial score (nSPS) is 11.4. The van der Waals surface area contributed by atoms with Crippen LogP contribution in [0.3, 0.4) is 0 Å². The lowest BCUT2D eigenvalue weighted by Gasteiger charge is -2.18. The average Bonchev–Trinajstić information content (AvgIpc) is 2.62. The van der Waals surface area contributed by atoms with E-state index >= 15 is 0 Å². The number of hydrogen-bond donors (Lipinski definition) is 2. The molecule has 0 atom stereocenters. The molecule has 0 aromatic carbocycles. The fourth-order valence-electron chi connectivity index (χ4n) is 0.908. The monoisotopic (exact) mass is 211 g/mol. The number of rotatable bonds is 4. The van der Waals surface area contributed by atoms with Gasteiger partial charge in [-0.2, -0.15) is 5.10 Å². The lowest BCUT2D eigenvalue weighted by atomic mass is 10.2. The van der Waals surface area contributed by atoms with E-state index in [1.807, 2.05) is 20.8 Å². The highest BCUT2D eigenvalue weighted by molar-refractivity contribution is 5.77. The first kappa shape index (κ1) is 11.7. The van der Waals surface area contributed by atoms with Crippen LogP contribution in [0.25, 0.3) is 0 Å². The van der Waals surface area contributed by atoms with E-state index in [9.17, 15) is 4.79 Å². The molecule has 0 radical (unpaired) electrons. The summed E-state index contributed by atoms with van der Waals surface area (Å²) in [6.45, 7) is 6.30. The first-order valence-electron chi connectivity index (χ1n) is 4.86. The SMILES string of the molecule is CC(C)(C)OCC(=O)NCc1cn[nH]c1. The number of nitrogens with zero attached hydrogens (tertiary/aromatic N) is 1. The molecule has 0 aliphatic heterocycles. The van der Waals surface area contributed by atoms with E-state index < -0.39 is 0 Å². The summed E-state index contributed by atoms with van der Waals surface area (Å²) in [4.78, 5) is 11.3. The van der Waals surface area contributed by atoms with E-state index in [0.717, 1.165) is 5.56 Å². The molecule has 1 amide bonds. The minimum Gasteiger partial charge on any atom is -0.366 e. The number of carbonyl (C=O) groups excluding carboxylic acids is 1. The molecule has 2 N–H and O–H groups in total. The van der Waals surface area contributed by atoms with Crippen LogP contribution < -0.4 is 5.32 Å². The van der Waals surface area contributed by atoms with Crippen LogP contribution in [-0.2, 0) is 16.1 Å². The molecule has 15 heavy (non-hydrogen) atoms. The van der Waals surface area contributed by atoms with E-state index in [4.69, 9.17) is 4.74 Å². The zero-order chi connectivity index (χ0) is 11.3. The minimum atomic E-state index is -0.285. The Balaban J connectivity index is 2.20. The van der Waals surface area contributed by atoms with Crippen LogP contribution in [0.1, 0.15) is 26.3 Å². The summed E-state index contributed by atoms with van der Waals surface area (Å²) < 4.78 is 5.33. The van der Waals surface area contributed by atoms with Crippen molar-refractivity contribution < 1.29 is 9.53 Å². The Hall–Kier alpha value is -1.36. The lowest BCUT2D eigenvalue weighted by Crippen LogP contribution is -2.31. The summed E-state index contributed by atoms with van der Waals surface area (Å²) in [5, 5.41) is 9.19. The van der Waals surface area contributed by atoms with Gasteiger partial charge in [0.1, 0.15) is 6.61 Å². The molecule has 0 saturated carbocycles. The number of hydrogen-bond acceptors (Lipinski definition) is 3. The van der Waals surface area contributed by atoms with Crippen molar-refractivity contribution in [3.63, 3.8) is 0 Å². The first-order chi connectivity index (χ1) is 6.97. The maximum atomic E-state index is 11.3. The number of amides is 1. The maximum absolute atomic E-state index is 11.3. The fraction of sp³-hybridized carbons (Fsp3) is 0.600. The molecule has 5 heteroatoms. The van der Waals surface area contributed by atoms with Crippen molar-refractivity contribution in [2.45, 2.75) is 32.9 Å². The summed E-state index contributed by atoms with van der Waals surface area (Å²) in [7, 11) is 0. The second-order valence-electron chi connectivity index (χ2n) is 4.28. The molecule has 0 spiro atoms. The topological polar surface area (TPSA) is 67.0 Å². The van der Waals surface area contributed by atoms with E-state index in [0.29, 0.717) is 6.54 Å². The van der Waals surface area contributed by atoms with E-state index in [-0.39, 0.29) is 18.1 Å². The van der Waals surface area contributed by atoms with Gasteiger partial charge < -0.3 is 10.1 Å². The third-order valence-corrected chi connectivity index (χ3v) is 1.68. The standard InChI is InChI=1S/C10H17N3O2/c1-10(2,3)15-7-9(14)11-4-8-5-12-13-6-8/h5-6H,4,7H2,1-3H3,(H,11,14)(H,12,13). The van der Waals surface area contributed by atoms with E-state index in [1.54, 1.807) is 12.4 Å². The van der Waals surface area contributed by atoms with Gasteiger partial charge in [-0.15, -0.1) is 0 Å². The first-order valence-corrected chi connectivity index (χ1v) is 4.86. The van der Waals surface area contributed by atoms with Gasteiger partial charge in [0, 0.05) is 18.3 Å². The lowest BCUT2D eigenvalue weighted by molar-refractivity contribution is -0.130. The molecule has 0 saturated heterocycles. The Morgan fingerprint density at radius 2 is 2.33 bits per heavy atom. The highest BCUT2D eigenvalue weighted by Gasteiger charge is 2.12.